The van der Waals surface area contributed by atoms with Gasteiger partial charge in [-0.15, -0.1) is 24.0 Å². The van der Waals surface area contributed by atoms with Crippen molar-refractivity contribution in [1.82, 2.24) is 15.6 Å². The van der Waals surface area contributed by atoms with Crippen molar-refractivity contribution in [3.63, 3.8) is 0 Å². The van der Waals surface area contributed by atoms with Crippen molar-refractivity contribution in [3.05, 3.63) is 30.1 Å². The van der Waals surface area contributed by atoms with Gasteiger partial charge >= 0.3 is 0 Å². The third kappa shape index (κ3) is 7.48. The first-order valence-electron chi connectivity index (χ1n) is 9.03. The first-order chi connectivity index (χ1) is 11.5. The van der Waals surface area contributed by atoms with Gasteiger partial charge in [0.1, 0.15) is 0 Å². The van der Waals surface area contributed by atoms with Crippen LogP contribution in [0.25, 0.3) is 0 Å². The number of halogens is 1. The van der Waals surface area contributed by atoms with Crippen molar-refractivity contribution >= 4 is 29.9 Å². The van der Waals surface area contributed by atoms with Crippen LogP contribution in [0, 0.1) is 11.3 Å². The summed E-state index contributed by atoms with van der Waals surface area (Å²) in [6.45, 7) is 12.2. The first kappa shape index (κ1) is 22.2. The maximum Gasteiger partial charge on any atom is 0.191 e. The topological polar surface area (TPSA) is 58.5 Å². The molecule has 2 atom stereocenters. The summed E-state index contributed by atoms with van der Waals surface area (Å²) < 4.78 is 5.94. The number of hydrogen-bond donors (Lipinski definition) is 2. The van der Waals surface area contributed by atoms with Crippen LogP contribution in [0.2, 0.25) is 0 Å². The predicted molar refractivity (Wildman–Crippen MR) is 115 cm³/mol. The molecule has 0 amide bonds. The third-order valence-corrected chi connectivity index (χ3v) is 4.32. The predicted octanol–water partition coefficient (Wildman–Crippen LogP) is 3.25. The average molecular weight is 460 g/mol. The van der Waals surface area contributed by atoms with E-state index in [1.165, 1.54) is 5.56 Å². The second-order valence-corrected chi connectivity index (χ2v) is 7.46. The Morgan fingerprint density at radius 3 is 2.80 bits per heavy atom. The molecule has 0 aliphatic carbocycles. The van der Waals surface area contributed by atoms with E-state index in [2.05, 4.69) is 49.4 Å². The fourth-order valence-corrected chi connectivity index (χ4v) is 3.20. The second kappa shape index (κ2) is 11.0. The standard InChI is InChI=1S/C19H32N4O.HI/c1-5-21-18(22-11-8-15-7-6-10-20-13-15)23-14-16-9-12-24-17(16)19(2,3)4;/h6-7,10,13,16-17H,5,8-9,11-12,14H2,1-4H3,(H2,21,22,23);1H. The minimum absolute atomic E-state index is 0. The van der Waals surface area contributed by atoms with E-state index in [4.69, 9.17) is 9.73 Å². The molecule has 2 unspecified atom stereocenters. The smallest absolute Gasteiger partial charge is 0.191 e. The van der Waals surface area contributed by atoms with Crippen molar-refractivity contribution in [2.45, 2.75) is 46.6 Å². The van der Waals surface area contributed by atoms with Gasteiger partial charge < -0.3 is 15.4 Å². The summed E-state index contributed by atoms with van der Waals surface area (Å²) in [7, 11) is 0. The number of rotatable bonds is 6. The van der Waals surface area contributed by atoms with E-state index in [0.717, 1.165) is 45.0 Å². The lowest BCUT2D eigenvalue weighted by Gasteiger charge is -2.30. The molecular weight excluding hydrogens is 427 g/mol. The highest BCUT2D eigenvalue weighted by atomic mass is 127. The minimum atomic E-state index is 0. The minimum Gasteiger partial charge on any atom is -0.377 e. The Morgan fingerprint density at radius 1 is 1.36 bits per heavy atom. The fourth-order valence-electron chi connectivity index (χ4n) is 3.20. The van der Waals surface area contributed by atoms with Gasteiger partial charge in [0.2, 0.25) is 0 Å². The molecule has 0 bridgehead atoms. The molecule has 1 aromatic rings. The molecular formula is C19H33IN4O. The number of hydrogen-bond acceptors (Lipinski definition) is 3. The van der Waals surface area contributed by atoms with Crippen LogP contribution in [-0.2, 0) is 11.2 Å². The molecule has 142 valence electrons. The number of pyridine rings is 1. The normalized spacial score (nSPS) is 20.9. The average Bonchev–Trinajstić information content (AvgIpc) is 3.02. The maximum atomic E-state index is 5.94. The Kier molecular flexibility index (Phi) is 9.71. The lowest BCUT2D eigenvalue weighted by Crippen LogP contribution is -2.39. The number of guanidine groups is 1. The molecule has 0 spiro atoms. The largest absolute Gasteiger partial charge is 0.377 e. The summed E-state index contributed by atoms with van der Waals surface area (Å²) in [4.78, 5) is 8.94. The SMILES string of the molecule is CCNC(=NCC1CCOC1C(C)(C)C)NCCc1cccnc1.I. The van der Waals surface area contributed by atoms with E-state index < -0.39 is 0 Å². The van der Waals surface area contributed by atoms with E-state index in [0.29, 0.717) is 12.0 Å². The summed E-state index contributed by atoms with van der Waals surface area (Å²) in [6, 6.07) is 4.07. The van der Waals surface area contributed by atoms with Gasteiger partial charge in [-0.2, -0.15) is 0 Å². The molecule has 0 radical (unpaired) electrons. The molecule has 2 N–H and O–H groups in total. The molecule has 1 aliphatic heterocycles. The van der Waals surface area contributed by atoms with Gasteiger partial charge in [-0.1, -0.05) is 26.8 Å². The van der Waals surface area contributed by atoms with Gasteiger partial charge in [0.15, 0.2) is 5.96 Å². The van der Waals surface area contributed by atoms with E-state index in [1.807, 2.05) is 12.3 Å². The first-order valence-corrected chi connectivity index (χ1v) is 9.03. The zero-order valence-electron chi connectivity index (χ0n) is 15.9. The Labute approximate surface area is 169 Å². The number of aliphatic imine (C=N–C) groups is 1. The quantitative estimate of drug-likeness (QED) is 0.389. The number of ether oxygens (including phenoxy) is 1. The molecule has 1 aromatic heterocycles. The van der Waals surface area contributed by atoms with E-state index in [1.54, 1.807) is 6.20 Å². The van der Waals surface area contributed by atoms with Gasteiger partial charge in [0.25, 0.3) is 0 Å². The van der Waals surface area contributed by atoms with Gasteiger partial charge in [0, 0.05) is 44.6 Å². The molecule has 2 rings (SSSR count). The second-order valence-electron chi connectivity index (χ2n) is 7.46. The van der Waals surface area contributed by atoms with Gasteiger partial charge in [-0.3, -0.25) is 9.98 Å². The van der Waals surface area contributed by atoms with E-state index in [9.17, 15) is 0 Å². The molecule has 0 saturated carbocycles. The summed E-state index contributed by atoms with van der Waals surface area (Å²) in [5.41, 5.74) is 1.40. The van der Waals surface area contributed by atoms with E-state index in [-0.39, 0.29) is 29.4 Å². The van der Waals surface area contributed by atoms with Crippen molar-refractivity contribution in [2.75, 3.05) is 26.2 Å². The van der Waals surface area contributed by atoms with Crippen LogP contribution in [0.5, 0.6) is 0 Å². The van der Waals surface area contributed by atoms with Crippen LogP contribution in [0.4, 0.5) is 0 Å². The number of nitrogens with one attached hydrogen (secondary N) is 2. The van der Waals surface area contributed by atoms with Crippen molar-refractivity contribution in [3.8, 4) is 0 Å². The van der Waals surface area contributed by atoms with Crippen LogP contribution in [-0.4, -0.2) is 43.3 Å². The highest BCUT2D eigenvalue weighted by Gasteiger charge is 2.36. The van der Waals surface area contributed by atoms with Crippen LogP contribution < -0.4 is 10.6 Å². The fraction of sp³-hybridized carbons (Fsp3) is 0.684. The van der Waals surface area contributed by atoms with Crippen LogP contribution >= 0.6 is 24.0 Å². The molecule has 1 aliphatic rings. The lowest BCUT2D eigenvalue weighted by atomic mass is 9.81. The van der Waals surface area contributed by atoms with Gasteiger partial charge in [-0.25, -0.2) is 0 Å². The van der Waals surface area contributed by atoms with Crippen LogP contribution in [0.15, 0.2) is 29.5 Å². The van der Waals surface area contributed by atoms with Crippen LogP contribution in [0.3, 0.4) is 0 Å². The van der Waals surface area contributed by atoms with Gasteiger partial charge in [-0.05, 0) is 36.8 Å². The summed E-state index contributed by atoms with van der Waals surface area (Å²) >= 11 is 0. The summed E-state index contributed by atoms with van der Waals surface area (Å²) in [6.07, 6.45) is 6.04. The molecule has 0 aromatic carbocycles. The molecule has 1 saturated heterocycles. The Balaban J connectivity index is 0.00000312. The molecule has 1 fully saturated rings. The van der Waals surface area contributed by atoms with Gasteiger partial charge in [0.05, 0.1) is 6.10 Å². The Morgan fingerprint density at radius 2 is 2.16 bits per heavy atom. The zero-order valence-corrected chi connectivity index (χ0v) is 18.2. The van der Waals surface area contributed by atoms with E-state index >= 15 is 0 Å². The van der Waals surface area contributed by atoms with Crippen LogP contribution in [0.1, 0.15) is 39.7 Å². The number of nitrogens with zero attached hydrogens (tertiary/aromatic N) is 2. The van der Waals surface area contributed by atoms with Crippen molar-refractivity contribution in [1.29, 1.82) is 0 Å². The highest BCUT2D eigenvalue weighted by Crippen LogP contribution is 2.34. The third-order valence-electron chi connectivity index (χ3n) is 4.32. The molecule has 6 heteroatoms. The van der Waals surface area contributed by atoms with Crippen molar-refractivity contribution in [2.24, 2.45) is 16.3 Å². The molecule has 25 heavy (non-hydrogen) atoms. The summed E-state index contributed by atoms with van der Waals surface area (Å²) in [5.74, 6) is 1.39. The maximum absolute atomic E-state index is 5.94. The Hall–Kier alpha value is -0.890. The number of aromatic nitrogens is 1. The monoisotopic (exact) mass is 460 g/mol. The molecule has 2 heterocycles. The Bertz CT molecular complexity index is 516. The molecule has 5 nitrogen and oxygen atoms in total. The zero-order chi connectivity index (χ0) is 17.4. The highest BCUT2D eigenvalue weighted by molar-refractivity contribution is 14.0. The van der Waals surface area contributed by atoms with Crippen molar-refractivity contribution < 1.29 is 4.74 Å². The summed E-state index contributed by atoms with van der Waals surface area (Å²) in [5, 5.41) is 6.75. The lowest BCUT2D eigenvalue weighted by molar-refractivity contribution is 0.00890.